The lowest BCUT2D eigenvalue weighted by molar-refractivity contribution is -0.121. The molecule has 2 rings (SSSR count). The lowest BCUT2D eigenvalue weighted by Gasteiger charge is -2.01. The molecular weight excluding hydrogens is 242 g/mol. The molecule has 0 aliphatic rings. The zero-order valence-corrected chi connectivity index (χ0v) is 10.2. The number of carbonyl (C=O) groups is 1. The maximum Gasteiger partial charge on any atom is 0.242 e. The van der Waals surface area contributed by atoms with Gasteiger partial charge in [0.1, 0.15) is 13.1 Å². The summed E-state index contributed by atoms with van der Waals surface area (Å²) in [6.07, 6.45) is 3.46. The van der Waals surface area contributed by atoms with E-state index in [1.165, 1.54) is 4.68 Å². The van der Waals surface area contributed by atoms with Crippen LogP contribution in [0.2, 0.25) is 0 Å². The number of carbonyl (C=O) groups excluding carboxylic acids is 1. The highest BCUT2D eigenvalue weighted by molar-refractivity contribution is 5.76. The minimum absolute atomic E-state index is 0.00488. The number of nitriles is 1. The van der Waals surface area contributed by atoms with Crippen molar-refractivity contribution in [1.29, 1.82) is 5.26 Å². The van der Waals surface area contributed by atoms with Crippen molar-refractivity contribution in [2.75, 3.05) is 12.3 Å². The number of benzene rings is 1. The Balaban J connectivity index is 2.05. The number of amides is 1. The normalized spacial score (nSPS) is 9.84. The van der Waals surface area contributed by atoms with E-state index in [4.69, 9.17) is 11.0 Å². The van der Waals surface area contributed by atoms with Gasteiger partial charge in [-0.25, -0.2) is 0 Å². The molecule has 0 saturated heterocycles. The van der Waals surface area contributed by atoms with Gasteiger partial charge in [0.25, 0.3) is 0 Å². The highest BCUT2D eigenvalue weighted by Gasteiger charge is 2.05. The predicted octanol–water partition coefficient (Wildman–Crippen LogP) is 0.772. The number of hydrogen-bond acceptors (Lipinski definition) is 4. The second-order valence-electron chi connectivity index (χ2n) is 3.98. The minimum Gasteiger partial charge on any atom is -0.399 e. The number of nitrogen functional groups attached to an aromatic ring is 1. The third kappa shape index (κ3) is 3.33. The zero-order valence-electron chi connectivity index (χ0n) is 10.2. The number of aromatic nitrogens is 2. The van der Waals surface area contributed by atoms with Crippen LogP contribution in [0.4, 0.5) is 5.69 Å². The summed E-state index contributed by atoms with van der Waals surface area (Å²) in [4.78, 5) is 11.4. The Bertz CT molecular complexity index is 609. The van der Waals surface area contributed by atoms with E-state index in [0.29, 0.717) is 5.69 Å². The second kappa shape index (κ2) is 5.69. The van der Waals surface area contributed by atoms with E-state index < -0.39 is 0 Å². The topological polar surface area (TPSA) is 96.7 Å². The molecule has 0 aliphatic heterocycles. The molecule has 0 bridgehead atoms. The first-order chi connectivity index (χ1) is 9.19. The van der Waals surface area contributed by atoms with Crippen molar-refractivity contribution in [2.45, 2.75) is 6.54 Å². The monoisotopic (exact) mass is 255 g/mol. The van der Waals surface area contributed by atoms with Crippen molar-refractivity contribution in [2.24, 2.45) is 0 Å². The molecule has 96 valence electrons. The van der Waals surface area contributed by atoms with Crippen molar-refractivity contribution < 1.29 is 4.79 Å². The molecule has 0 unspecified atom stereocenters. The summed E-state index contributed by atoms with van der Waals surface area (Å²) < 4.78 is 1.53. The fourth-order valence-corrected chi connectivity index (χ4v) is 1.62. The van der Waals surface area contributed by atoms with Crippen LogP contribution in [0.5, 0.6) is 0 Å². The van der Waals surface area contributed by atoms with E-state index in [1.807, 2.05) is 30.3 Å². The largest absolute Gasteiger partial charge is 0.399 e. The van der Waals surface area contributed by atoms with E-state index in [1.54, 1.807) is 12.4 Å². The molecule has 0 radical (unpaired) electrons. The molecule has 0 saturated carbocycles. The summed E-state index contributed by atoms with van der Waals surface area (Å²) in [7, 11) is 0. The number of nitrogens with two attached hydrogens (primary N) is 1. The summed E-state index contributed by atoms with van der Waals surface area (Å²) in [6.45, 7) is 0.0988. The molecule has 0 spiro atoms. The summed E-state index contributed by atoms with van der Waals surface area (Å²) in [5.74, 6) is -0.242. The number of nitrogens with one attached hydrogen (secondary N) is 1. The molecule has 0 fully saturated rings. The van der Waals surface area contributed by atoms with Crippen molar-refractivity contribution in [3.05, 3.63) is 36.7 Å². The van der Waals surface area contributed by atoms with Crippen LogP contribution < -0.4 is 11.1 Å². The van der Waals surface area contributed by atoms with Gasteiger partial charge in [0.15, 0.2) is 0 Å². The van der Waals surface area contributed by atoms with Crippen LogP contribution >= 0.6 is 0 Å². The van der Waals surface area contributed by atoms with Gasteiger partial charge in [0.2, 0.25) is 5.91 Å². The van der Waals surface area contributed by atoms with Crippen molar-refractivity contribution in [1.82, 2.24) is 15.1 Å². The predicted molar refractivity (Wildman–Crippen MR) is 70.7 cm³/mol. The molecule has 1 aromatic heterocycles. The second-order valence-corrected chi connectivity index (χ2v) is 3.98. The van der Waals surface area contributed by atoms with Gasteiger partial charge in [-0.1, -0.05) is 12.1 Å². The van der Waals surface area contributed by atoms with Crippen LogP contribution in [0.15, 0.2) is 36.7 Å². The van der Waals surface area contributed by atoms with Crippen LogP contribution in [0.3, 0.4) is 0 Å². The fraction of sp³-hybridized carbons (Fsp3) is 0.154. The van der Waals surface area contributed by atoms with Crippen LogP contribution in [0.1, 0.15) is 0 Å². The van der Waals surface area contributed by atoms with Crippen LogP contribution in [-0.2, 0) is 11.3 Å². The SMILES string of the molecule is N#CCNC(=O)Cn1cc(-c2ccc(N)cc2)cn1. The van der Waals surface area contributed by atoms with Gasteiger partial charge in [-0.2, -0.15) is 10.4 Å². The molecule has 6 nitrogen and oxygen atoms in total. The Kier molecular flexibility index (Phi) is 3.78. The summed E-state index contributed by atoms with van der Waals surface area (Å²) in [6, 6.07) is 9.26. The highest BCUT2D eigenvalue weighted by Crippen LogP contribution is 2.19. The molecule has 1 aromatic carbocycles. The first-order valence-corrected chi connectivity index (χ1v) is 5.71. The average molecular weight is 255 g/mol. The van der Waals surface area contributed by atoms with Gasteiger partial charge < -0.3 is 11.1 Å². The van der Waals surface area contributed by atoms with E-state index in [-0.39, 0.29) is 19.0 Å². The van der Waals surface area contributed by atoms with Gasteiger partial charge in [-0.3, -0.25) is 9.48 Å². The van der Waals surface area contributed by atoms with Crippen LogP contribution in [0, 0.1) is 11.3 Å². The van der Waals surface area contributed by atoms with E-state index in [0.717, 1.165) is 11.1 Å². The molecule has 2 aromatic rings. The van der Waals surface area contributed by atoms with Crippen molar-refractivity contribution in [3.8, 4) is 17.2 Å². The number of anilines is 1. The zero-order chi connectivity index (χ0) is 13.7. The first kappa shape index (κ1) is 12.6. The third-order valence-electron chi connectivity index (χ3n) is 2.55. The number of rotatable bonds is 4. The molecule has 6 heteroatoms. The lowest BCUT2D eigenvalue weighted by Crippen LogP contribution is -2.27. The molecular formula is C13H13N5O. The Labute approximate surface area is 110 Å². The average Bonchev–Trinajstić information content (AvgIpc) is 2.85. The van der Waals surface area contributed by atoms with E-state index in [9.17, 15) is 4.79 Å². The van der Waals surface area contributed by atoms with Gasteiger partial charge in [-0.15, -0.1) is 0 Å². The van der Waals surface area contributed by atoms with Gasteiger partial charge in [0, 0.05) is 17.4 Å². The Morgan fingerprint density at radius 2 is 2.11 bits per heavy atom. The summed E-state index contributed by atoms with van der Waals surface area (Å²) in [5.41, 5.74) is 8.22. The molecule has 1 amide bonds. The third-order valence-corrected chi connectivity index (χ3v) is 2.55. The van der Waals surface area contributed by atoms with Gasteiger partial charge >= 0.3 is 0 Å². The van der Waals surface area contributed by atoms with Crippen molar-refractivity contribution >= 4 is 11.6 Å². The number of nitrogens with zero attached hydrogens (tertiary/aromatic N) is 3. The summed E-state index contributed by atoms with van der Waals surface area (Å²) in [5, 5.41) is 14.9. The fourth-order valence-electron chi connectivity index (χ4n) is 1.62. The molecule has 0 aliphatic carbocycles. The molecule has 1 heterocycles. The van der Waals surface area contributed by atoms with Crippen LogP contribution in [0.25, 0.3) is 11.1 Å². The minimum atomic E-state index is -0.242. The van der Waals surface area contributed by atoms with Crippen molar-refractivity contribution in [3.63, 3.8) is 0 Å². The maximum atomic E-state index is 11.4. The van der Waals surface area contributed by atoms with Gasteiger partial charge in [0.05, 0.1) is 12.3 Å². The Hall–Kier alpha value is -2.81. The maximum absolute atomic E-state index is 11.4. The summed E-state index contributed by atoms with van der Waals surface area (Å²) >= 11 is 0. The highest BCUT2D eigenvalue weighted by atomic mass is 16.2. The van der Waals surface area contributed by atoms with E-state index in [2.05, 4.69) is 10.4 Å². The molecule has 0 atom stereocenters. The quantitative estimate of drug-likeness (QED) is 0.623. The number of hydrogen-bond donors (Lipinski definition) is 2. The Morgan fingerprint density at radius 3 is 2.79 bits per heavy atom. The first-order valence-electron chi connectivity index (χ1n) is 5.71. The van der Waals surface area contributed by atoms with Crippen LogP contribution in [-0.4, -0.2) is 22.2 Å². The molecule has 3 N–H and O–H groups in total. The molecule has 19 heavy (non-hydrogen) atoms. The standard InChI is InChI=1S/C13H13N5O/c14-5-6-16-13(19)9-18-8-11(7-17-18)10-1-3-12(15)4-2-10/h1-4,7-8H,6,9,15H2,(H,16,19). The smallest absolute Gasteiger partial charge is 0.242 e. The van der Waals surface area contributed by atoms with E-state index >= 15 is 0 Å². The van der Waals surface area contributed by atoms with Gasteiger partial charge in [-0.05, 0) is 17.7 Å². The Morgan fingerprint density at radius 1 is 1.37 bits per heavy atom. The lowest BCUT2D eigenvalue weighted by atomic mass is 10.1.